The maximum absolute atomic E-state index is 3.57. The molecule has 15 heavy (non-hydrogen) atoms. The van der Waals surface area contributed by atoms with E-state index in [4.69, 9.17) is 0 Å². The third kappa shape index (κ3) is 5.53. The largest absolute Gasteiger partial charge is 0.316 e. The maximum Gasteiger partial charge on any atom is 0.00224 e. The SMILES string of the molecule is CC(C)CNCC1CCN(CC(C)C)C1. The molecule has 0 radical (unpaired) electrons. The Morgan fingerprint density at radius 3 is 2.53 bits per heavy atom. The Hall–Kier alpha value is -0.0800. The highest BCUT2D eigenvalue weighted by atomic mass is 15.1. The molecule has 2 heteroatoms. The topological polar surface area (TPSA) is 15.3 Å². The molecule has 1 atom stereocenters. The van der Waals surface area contributed by atoms with Crippen LogP contribution in [0.15, 0.2) is 0 Å². The Balaban J connectivity index is 2.08. The fourth-order valence-corrected chi connectivity index (χ4v) is 2.34. The van der Waals surface area contributed by atoms with Crippen LogP contribution in [0.5, 0.6) is 0 Å². The number of hydrogen-bond donors (Lipinski definition) is 1. The smallest absolute Gasteiger partial charge is 0.00224 e. The minimum atomic E-state index is 0.776. The van der Waals surface area contributed by atoms with Gasteiger partial charge in [0.25, 0.3) is 0 Å². The van der Waals surface area contributed by atoms with E-state index in [9.17, 15) is 0 Å². The fourth-order valence-electron chi connectivity index (χ4n) is 2.34. The Bertz CT molecular complexity index is 166. The standard InChI is InChI=1S/C13H28N2/c1-11(2)7-14-8-13-5-6-15(10-13)9-12(3)4/h11-14H,5-10H2,1-4H3. The van der Waals surface area contributed by atoms with Gasteiger partial charge in [-0.25, -0.2) is 0 Å². The summed E-state index contributed by atoms with van der Waals surface area (Å²) >= 11 is 0. The predicted molar refractivity (Wildman–Crippen MR) is 67.1 cm³/mol. The van der Waals surface area contributed by atoms with Crippen molar-refractivity contribution in [2.45, 2.75) is 34.1 Å². The summed E-state index contributed by atoms with van der Waals surface area (Å²) in [7, 11) is 0. The van der Waals surface area contributed by atoms with Gasteiger partial charge in [-0.2, -0.15) is 0 Å². The van der Waals surface area contributed by atoms with E-state index in [1.807, 2.05) is 0 Å². The Kier molecular flexibility index (Phi) is 5.62. The van der Waals surface area contributed by atoms with Crippen LogP contribution in [0.3, 0.4) is 0 Å². The summed E-state index contributed by atoms with van der Waals surface area (Å²) in [5.41, 5.74) is 0. The van der Waals surface area contributed by atoms with Gasteiger partial charge in [-0.05, 0) is 43.8 Å². The monoisotopic (exact) mass is 212 g/mol. The molecule has 1 rings (SSSR count). The number of rotatable bonds is 6. The highest BCUT2D eigenvalue weighted by Gasteiger charge is 2.22. The third-order valence-corrected chi connectivity index (χ3v) is 2.98. The van der Waals surface area contributed by atoms with Crippen molar-refractivity contribution in [1.82, 2.24) is 10.2 Å². The first-order chi connectivity index (χ1) is 7.08. The molecule has 2 nitrogen and oxygen atoms in total. The average Bonchev–Trinajstić information content (AvgIpc) is 2.50. The van der Waals surface area contributed by atoms with Gasteiger partial charge in [-0.3, -0.25) is 0 Å². The van der Waals surface area contributed by atoms with E-state index in [1.54, 1.807) is 0 Å². The van der Waals surface area contributed by atoms with Gasteiger partial charge < -0.3 is 10.2 Å². The zero-order valence-electron chi connectivity index (χ0n) is 10.9. The van der Waals surface area contributed by atoms with E-state index in [1.165, 1.54) is 39.1 Å². The lowest BCUT2D eigenvalue weighted by molar-refractivity contribution is 0.285. The molecule has 0 amide bonds. The summed E-state index contributed by atoms with van der Waals surface area (Å²) in [5.74, 6) is 2.48. The van der Waals surface area contributed by atoms with Crippen molar-refractivity contribution in [3.05, 3.63) is 0 Å². The van der Waals surface area contributed by atoms with Crippen molar-refractivity contribution < 1.29 is 0 Å². The summed E-state index contributed by atoms with van der Waals surface area (Å²) in [4.78, 5) is 2.62. The molecule has 1 fully saturated rings. The van der Waals surface area contributed by atoms with Crippen LogP contribution in [0.4, 0.5) is 0 Å². The first-order valence-electron chi connectivity index (χ1n) is 6.51. The van der Waals surface area contributed by atoms with Gasteiger partial charge in [0, 0.05) is 13.1 Å². The van der Waals surface area contributed by atoms with Crippen LogP contribution in [0.25, 0.3) is 0 Å². The molecule has 1 heterocycles. The Morgan fingerprint density at radius 2 is 1.93 bits per heavy atom. The lowest BCUT2D eigenvalue weighted by Crippen LogP contribution is -2.30. The number of nitrogens with one attached hydrogen (secondary N) is 1. The normalized spacial score (nSPS) is 23.2. The Morgan fingerprint density at radius 1 is 1.20 bits per heavy atom. The molecule has 0 spiro atoms. The summed E-state index contributed by atoms with van der Waals surface area (Å²) in [6.45, 7) is 15.4. The van der Waals surface area contributed by atoms with Crippen molar-refractivity contribution in [1.29, 1.82) is 0 Å². The second-order valence-electron chi connectivity index (χ2n) is 5.86. The molecular formula is C13H28N2. The van der Waals surface area contributed by atoms with Crippen LogP contribution >= 0.6 is 0 Å². The van der Waals surface area contributed by atoms with Crippen molar-refractivity contribution in [2.24, 2.45) is 17.8 Å². The van der Waals surface area contributed by atoms with Gasteiger partial charge in [0.1, 0.15) is 0 Å². The van der Waals surface area contributed by atoms with E-state index in [0.29, 0.717) is 0 Å². The minimum absolute atomic E-state index is 0.776. The van der Waals surface area contributed by atoms with Gasteiger partial charge in [0.15, 0.2) is 0 Å². The molecule has 0 aromatic rings. The van der Waals surface area contributed by atoms with E-state index in [2.05, 4.69) is 37.9 Å². The number of hydrogen-bond acceptors (Lipinski definition) is 2. The highest BCUT2D eigenvalue weighted by molar-refractivity contribution is 4.77. The van der Waals surface area contributed by atoms with E-state index in [-0.39, 0.29) is 0 Å². The lowest BCUT2D eigenvalue weighted by atomic mass is 10.1. The zero-order chi connectivity index (χ0) is 11.3. The van der Waals surface area contributed by atoms with Crippen LogP contribution in [-0.4, -0.2) is 37.6 Å². The predicted octanol–water partition coefficient (Wildman–Crippen LogP) is 2.21. The van der Waals surface area contributed by atoms with Gasteiger partial charge >= 0.3 is 0 Å². The highest BCUT2D eigenvalue weighted by Crippen LogP contribution is 2.16. The van der Waals surface area contributed by atoms with Crippen LogP contribution in [0.1, 0.15) is 34.1 Å². The molecule has 1 aliphatic heterocycles. The molecule has 0 bridgehead atoms. The van der Waals surface area contributed by atoms with Gasteiger partial charge in [0.2, 0.25) is 0 Å². The van der Waals surface area contributed by atoms with E-state index >= 15 is 0 Å². The Labute approximate surface area is 95.4 Å². The molecule has 0 saturated carbocycles. The number of nitrogens with zero attached hydrogens (tertiary/aromatic N) is 1. The first kappa shape index (κ1) is 13.0. The van der Waals surface area contributed by atoms with Crippen molar-refractivity contribution in [3.8, 4) is 0 Å². The van der Waals surface area contributed by atoms with Crippen LogP contribution in [0, 0.1) is 17.8 Å². The average molecular weight is 212 g/mol. The van der Waals surface area contributed by atoms with Crippen LogP contribution in [0.2, 0.25) is 0 Å². The second kappa shape index (κ2) is 6.49. The van der Waals surface area contributed by atoms with Crippen molar-refractivity contribution in [2.75, 3.05) is 32.7 Å². The summed E-state index contributed by atoms with van der Waals surface area (Å²) in [6.07, 6.45) is 1.39. The van der Waals surface area contributed by atoms with E-state index < -0.39 is 0 Å². The lowest BCUT2D eigenvalue weighted by Gasteiger charge is -2.18. The van der Waals surface area contributed by atoms with Gasteiger partial charge in [0.05, 0.1) is 0 Å². The molecule has 1 aliphatic rings. The molecule has 0 aromatic heterocycles. The van der Waals surface area contributed by atoms with Crippen molar-refractivity contribution in [3.63, 3.8) is 0 Å². The summed E-state index contributed by atoms with van der Waals surface area (Å²) < 4.78 is 0. The third-order valence-electron chi connectivity index (χ3n) is 2.98. The maximum atomic E-state index is 3.57. The van der Waals surface area contributed by atoms with E-state index in [0.717, 1.165) is 17.8 Å². The van der Waals surface area contributed by atoms with Gasteiger partial charge in [-0.1, -0.05) is 27.7 Å². The molecular weight excluding hydrogens is 184 g/mol. The minimum Gasteiger partial charge on any atom is -0.316 e. The molecule has 0 aromatic carbocycles. The molecule has 1 unspecified atom stereocenters. The van der Waals surface area contributed by atoms with Crippen molar-refractivity contribution >= 4 is 0 Å². The second-order valence-corrected chi connectivity index (χ2v) is 5.86. The quantitative estimate of drug-likeness (QED) is 0.726. The molecule has 1 saturated heterocycles. The zero-order valence-corrected chi connectivity index (χ0v) is 10.9. The van der Waals surface area contributed by atoms with Crippen LogP contribution < -0.4 is 5.32 Å². The number of likely N-dealkylation sites (tertiary alicyclic amines) is 1. The first-order valence-corrected chi connectivity index (χ1v) is 6.51. The summed E-state index contributed by atoms with van der Waals surface area (Å²) in [6, 6.07) is 0. The summed E-state index contributed by atoms with van der Waals surface area (Å²) in [5, 5.41) is 3.57. The van der Waals surface area contributed by atoms with Gasteiger partial charge in [-0.15, -0.1) is 0 Å². The molecule has 0 aliphatic carbocycles. The molecule has 1 N–H and O–H groups in total. The fraction of sp³-hybridized carbons (Fsp3) is 1.00. The molecule has 90 valence electrons. The van der Waals surface area contributed by atoms with Crippen LogP contribution in [-0.2, 0) is 0 Å².